The van der Waals surface area contributed by atoms with Crippen LogP contribution in [-0.2, 0) is 11.2 Å². The second-order valence-electron chi connectivity index (χ2n) is 15.4. The molecule has 0 amide bonds. The lowest BCUT2D eigenvalue weighted by atomic mass is 9.43. The van der Waals surface area contributed by atoms with Crippen molar-refractivity contribution in [1.29, 1.82) is 0 Å². The molecule has 4 unspecified atom stereocenters. The van der Waals surface area contributed by atoms with Crippen molar-refractivity contribution in [2.24, 2.45) is 46.3 Å². The summed E-state index contributed by atoms with van der Waals surface area (Å²) < 4.78 is 0. The molecule has 0 bridgehead atoms. The first kappa shape index (κ1) is 31.2. The molecule has 4 saturated carbocycles. The maximum absolute atomic E-state index is 12.0. The van der Waals surface area contributed by atoms with Gasteiger partial charge in [0, 0.05) is 31.3 Å². The largest absolute Gasteiger partial charge is 0.393 e. The van der Waals surface area contributed by atoms with Crippen molar-refractivity contribution in [3.8, 4) is 0 Å². The number of aromatic nitrogens is 1. The van der Waals surface area contributed by atoms with E-state index >= 15 is 0 Å². The maximum atomic E-state index is 12.0. The molecule has 10 atom stereocenters. The minimum absolute atomic E-state index is 0.128. The van der Waals surface area contributed by atoms with Crippen LogP contribution in [0.15, 0.2) is 24.5 Å². The molecule has 0 radical (unpaired) electrons. The van der Waals surface area contributed by atoms with Gasteiger partial charge < -0.3 is 10.4 Å². The minimum atomic E-state index is -0.128. The van der Waals surface area contributed by atoms with Gasteiger partial charge in [0.05, 0.1) is 6.10 Å². The number of nitrogens with one attached hydrogen (secondary N) is 1. The van der Waals surface area contributed by atoms with Crippen LogP contribution in [0.2, 0.25) is 0 Å². The minimum Gasteiger partial charge on any atom is -0.393 e. The Labute approximate surface area is 251 Å². The fourth-order valence-corrected chi connectivity index (χ4v) is 10.8. The van der Waals surface area contributed by atoms with Gasteiger partial charge in [-0.25, -0.2) is 0 Å². The summed E-state index contributed by atoms with van der Waals surface area (Å²) in [5.41, 5.74) is 2.10. The molecule has 41 heavy (non-hydrogen) atoms. The van der Waals surface area contributed by atoms with Crippen LogP contribution in [0, 0.1) is 46.3 Å². The van der Waals surface area contributed by atoms with Crippen LogP contribution >= 0.6 is 0 Å². The smallest absolute Gasteiger partial charge is 0.132 e. The van der Waals surface area contributed by atoms with E-state index in [1.165, 1.54) is 76.2 Å². The fraction of sp³-hybridized carbons (Fsp3) is 0.838. The average Bonchev–Trinajstić information content (AvgIpc) is 3.33. The summed E-state index contributed by atoms with van der Waals surface area (Å²) in [5, 5.41) is 15.7. The van der Waals surface area contributed by atoms with Crippen LogP contribution in [0.1, 0.15) is 130 Å². The highest BCUT2D eigenvalue weighted by molar-refractivity contribution is 5.77. The zero-order valence-electron chi connectivity index (χ0n) is 26.8. The Morgan fingerprint density at radius 1 is 1.05 bits per heavy atom. The second kappa shape index (κ2) is 13.6. The van der Waals surface area contributed by atoms with E-state index in [1.807, 2.05) is 25.4 Å². The van der Waals surface area contributed by atoms with Gasteiger partial charge in [-0.1, -0.05) is 46.6 Å². The summed E-state index contributed by atoms with van der Waals surface area (Å²) in [4.78, 5) is 16.3. The van der Waals surface area contributed by atoms with E-state index in [0.29, 0.717) is 64.6 Å². The molecule has 0 aliphatic heterocycles. The number of ketones is 1. The number of aryl methyl sites for hydroxylation is 1. The van der Waals surface area contributed by atoms with Crippen molar-refractivity contribution in [3.63, 3.8) is 0 Å². The topological polar surface area (TPSA) is 62.2 Å². The molecule has 5 rings (SSSR count). The quantitative estimate of drug-likeness (QED) is 0.237. The molecule has 4 aliphatic carbocycles. The van der Waals surface area contributed by atoms with Gasteiger partial charge in [0.2, 0.25) is 0 Å². The number of pyridine rings is 1. The first-order chi connectivity index (χ1) is 19.8. The Morgan fingerprint density at radius 2 is 1.83 bits per heavy atom. The number of hydrogen-bond acceptors (Lipinski definition) is 4. The van der Waals surface area contributed by atoms with Crippen molar-refractivity contribution in [1.82, 2.24) is 10.3 Å². The molecular formula is C37H60N2O2. The molecule has 2 N–H and O–H groups in total. The number of carbonyl (C=O) groups is 1. The first-order valence-corrected chi connectivity index (χ1v) is 17.6. The van der Waals surface area contributed by atoms with Gasteiger partial charge in [-0.3, -0.25) is 9.78 Å². The number of Topliss-reactive ketones (excluding diaryl/α,β-unsaturated/α-hetero) is 1. The lowest BCUT2D eigenvalue weighted by Crippen LogP contribution is -2.59. The summed E-state index contributed by atoms with van der Waals surface area (Å²) in [5.74, 6) is 4.24. The summed E-state index contributed by atoms with van der Waals surface area (Å²) in [6.07, 6.45) is 22.6. The van der Waals surface area contributed by atoms with Crippen LogP contribution in [-0.4, -0.2) is 34.6 Å². The highest BCUT2D eigenvalue weighted by atomic mass is 16.3. The van der Waals surface area contributed by atoms with Gasteiger partial charge in [-0.15, -0.1) is 0 Å². The molecule has 4 aliphatic rings. The fourth-order valence-electron chi connectivity index (χ4n) is 10.8. The van der Waals surface area contributed by atoms with Crippen molar-refractivity contribution in [3.05, 3.63) is 30.1 Å². The van der Waals surface area contributed by atoms with Gasteiger partial charge in [-0.2, -0.15) is 0 Å². The molecular weight excluding hydrogens is 504 g/mol. The lowest BCUT2D eigenvalue weighted by molar-refractivity contribution is -0.167. The molecule has 1 aromatic rings. The van der Waals surface area contributed by atoms with Gasteiger partial charge in [0.1, 0.15) is 5.78 Å². The highest BCUT2D eigenvalue weighted by Crippen LogP contribution is 2.68. The Balaban J connectivity index is 1.10. The van der Waals surface area contributed by atoms with Crippen molar-refractivity contribution in [2.45, 2.75) is 143 Å². The van der Waals surface area contributed by atoms with E-state index in [2.05, 4.69) is 37.1 Å². The molecule has 1 heterocycles. The van der Waals surface area contributed by atoms with Crippen LogP contribution in [0.5, 0.6) is 0 Å². The molecule has 230 valence electrons. The molecule has 0 saturated heterocycles. The van der Waals surface area contributed by atoms with Crippen molar-refractivity contribution in [2.75, 3.05) is 6.54 Å². The third-order valence-corrected chi connectivity index (χ3v) is 13.3. The van der Waals surface area contributed by atoms with Gasteiger partial charge in [0.25, 0.3) is 0 Å². The Hall–Kier alpha value is -1.26. The van der Waals surface area contributed by atoms with E-state index in [9.17, 15) is 9.90 Å². The van der Waals surface area contributed by atoms with Crippen LogP contribution in [0.3, 0.4) is 0 Å². The number of aliphatic hydroxyl groups excluding tert-OH is 1. The maximum Gasteiger partial charge on any atom is 0.132 e. The summed E-state index contributed by atoms with van der Waals surface area (Å²) in [6, 6.07) is 4.85. The Morgan fingerprint density at radius 3 is 2.61 bits per heavy atom. The predicted molar refractivity (Wildman–Crippen MR) is 169 cm³/mol. The van der Waals surface area contributed by atoms with Gasteiger partial charge >= 0.3 is 0 Å². The molecule has 1 aromatic heterocycles. The zero-order chi connectivity index (χ0) is 29.0. The molecule has 0 spiro atoms. The van der Waals surface area contributed by atoms with Gasteiger partial charge in [-0.05, 0) is 142 Å². The number of rotatable bonds is 13. The number of aliphatic hydroxyl groups is 1. The third kappa shape index (κ3) is 6.64. The molecule has 4 fully saturated rings. The molecule has 4 nitrogen and oxygen atoms in total. The SMILES string of the molecule is CCC(=O)CC[C@@H](C)[C@H]1CCC2C3C(O)C[C@H]4C[C@@H](NCCCCCCc5cccnc5)CC[C@]4(C)C3CC[C@@]21C. The van der Waals surface area contributed by atoms with E-state index in [4.69, 9.17) is 0 Å². The summed E-state index contributed by atoms with van der Waals surface area (Å²) >= 11 is 0. The van der Waals surface area contributed by atoms with Crippen LogP contribution in [0.4, 0.5) is 0 Å². The number of hydrogen-bond donors (Lipinski definition) is 2. The summed E-state index contributed by atoms with van der Waals surface area (Å²) in [6.45, 7) is 10.7. The van der Waals surface area contributed by atoms with Crippen molar-refractivity contribution >= 4 is 5.78 Å². The highest BCUT2D eigenvalue weighted by Gasteiger charge is 2.62. The monoisotopic (exact) mass is 564 g/mol. The standard InChI is InChI=1S/C37H60N2O2/c1-5-30(40)14-13-26(2)31-15-16-32-35-33(18-20-37(31,32)4)36(3)19-17-29(23-28(36)24-34(35)41)39-22-9-7-6-8-11-27-12-10-21-38-25-27/h10,12,21,25-26,28-29,31-35,39,41H,5-9,11,13-20,22-24H2,1-4H3/t26-,28-,29+,31-,32?,33?,34?,35?,36+,37-/m1/s1. The molecule has 0 aromatic carbocycles. The predicted octanol–water partition coefficient (Wildman–Crippen LogP) is 8.17. The second-order valence-corrected chi connectivity index (χ2v) is 15.4. The van der Waals surface area contributed by atoms with Crippen molar-refractivity contribution < 1.29 is 9.90 Å². The Kier molecular flexibility index (Phi) is 10.3. The first-order valence-electron chi connectivity index (χ1n) is 17.6. The van der Waals surface area contributed by atoms with E-state index in [-0.39, 0.29) is 6.10 Å². The number of fused-ring (bicyclic) bond motifs is 5. The van der Waals surface area contributed by atoms with E-state index < -0.39 is 0 Å². The number of unbranched alkanes of at least 4 members (excludes halogenated alkanes) is 3. The van der Waals surface area contributed by atoms with E-state index in [1.54, 1.807) is 0 Å². The lowest BCUT2D eigenvalue weighted by Gasteiger charge is -2.62. The number of nitrogens with zero attached hydrogens (tertiary/aromatic N) is 1. The molecule has 4 heteroatoms. The van der Waals surface area contributed by atoms with Crippen LogP contribution in [0.25, 0.3) is 0 Å². The average molecular weight is 565 g/mol. The third-order valence-electron chi connectivity index (χ3n) is 13.3. The van der Waals surface area contributed by atoms with Crippen LogP contribution < -0.4 is 5.32 Å². The van der Waals surface area contributed by atoms with E-state index in [0.717, 1.165) is 32.2 Å². The van der Waals surface area contributed by atoms with Gasteiger partial charge in [0.15, 0.2) is 0 Å². The normalized spacial score (nSPS) is 39.0. The Bertz CT molecular complexity index is 982. The number of carbonyl (C=O) groups excluding carboxylic acids is 1. The zero-order valence-corrected chi connectivity index (χ0v) is 26.8. The summed E-state index contributed by atoms with van der Waals surface area (Å²) in [7, 11) is 0.